The van der Waals surface area contributed by atoms with E-state index in [1.165, 1.54) is 32.1 Å². The first kappa shape index (κ1) is 26.7. The predicted octanol–water partition coefficient (Wildman–Crippen LogP) is 7.72. The van der Waals surface area contributed by atoms with Crippen LogP contribution in [0.3, 0.4) is 0 Å². The molecule has 0 fully saturated rings. The van der Waals surface area contributed by atoms with Gasteiger partial charge in [0, 0.05) is 7.11 Å². The van der Waals surface area contributed by atoms with Gasteiger partial charge in [0.15, 0.2) is 5.75 Å². The third kappa shape index (κ3) is 7.71. The molecule has 0 aliphatic carbocycles. The highest BCUT2D eigenvalue weighted by molar-refractivity contribution is 5.29. The Labute approximate surface area is 177 Å². The first-order chi connectivity index (χ1) is 14.2. The number of methoxy groups -OCH3 is 1. The lowest BCUT2D eigenvalue weighted by atomic mass is 9.82. The van der Waals surface area contributed by atoms with Crippen molar-refractivity contribution >= 4 is 0 Å². The molecule has 174 valence electrons. The Kier molecular flexibility index (Phi) is 11.7. The standard InChI is InChI=1S/C23H35F5O2/c1-5-6-7-8-9-10-13-16(23(2,3)29-4)14-11-12-15-30-22-20(27)18(25)17(24)19(26)21(22)28/h16H,5-15H2,1-4H3. The number of benzene rings is 1. The Balaban J connectivity index is 2.50. The van der Waals surface area contributed by atoms with Crippen molar-refractivity contribution in [3.8, 4) is 5.75 Å². The van der Waals surface area contributed by atoms with Crippen molar-refractivity contribution < 1.29 is 31.4 Å². The van der Waals surface area contributed by atoms with Crippen molar-refractivity contribution in [3.63, 3.8) is 0 Å². The van der Waals surface area contributed by atoms with Crippen molar-refractivity contribution in [3.05, 3.63) is 29.1 Å². The molecule has 0 aromatic heterocycles. The van der Waals surface area contributed by atoms with Crippen LogP contribution in [0.5, 0.6) is 5.75 Å². The van der Waals surface area contributed by atoms with Gasteiger partial charge in [-0.1, -0.05) is 45.4 Å². The topological polar surface area (TPSA) is 18.5 Å². The van der Waals surface area contributed by atoms with Gasteiger partial charge < -0.3 is 9.47 Å². The molecule has 0 aliphatic heterocycles. The van der Waals surface area contributed by atoms with Gasteiger partial charge in [-0.25, -0.2) is 13.2 Å². The molecule has 2 nitrogen and oxygen atoms in total. The van der Waals surface area contributed by atoms with Crippen LogP contribution >= 0.6 is 0 Å². The molecule has 0 aliphatic rings. The number of halogens is 5. The number of hydrogen-bond acceptors (Lipinski definition) is 2. The van der Waals surface area contributed by atoms with E-state index in [2.05, 4.69) is 6.92 Å². The molecule has 0 saturated heterocycles. The maximum Gasteiger partial charge on any atom is 0.206 e. The lowest BCUT2D eigenvalue weighted by Crippen LogP contribution is -2.33. The second-order valence-corrected chi connectivity index (χ2v) is 8.30. The third-order valence-electron chi connectivity index (χ3n) is 5.78. The highest BCUT2D eigenvalue weighted by atomic mass is 19.2. The van der Waals surface area contributed by atoms with E-state index in [9.17, 15) is 22.0 Å². The van der Waals surface area contributed by atoms with E-state index in [0.717, 1.165) is 19.3 Å². The van der Waals surface area contributed by atoms with Crippen LogP contribution in [0, 0.1) is 35.0 Å². The van der Waals surface area contributed by atoms with E-state index in [0.29, 0.717) is 18.8 Å². The zero-order valence-electron chi connectivity index (χ0n) is 18.6. The molecule has 0 radical (unpaired) electrons. The van der Waals surface area contributed by atoms with Crippen LogP contribution in [0.2, 0.25) is 0 Å². The number of unbranched alkanes of at least 4 members (excludes halogenated alkanes) is 6. The summed E-state index contributed by atoms with van der Waals surface area (Å²) < 4.78 is 77.3. The Morgan fingerprint density at radius 2 is 1.17 bits per heavy atom. The van der Waals surface area contributed by atoms with E-state index >= 15 is 0 Å². The predicted molar refractivity (Wildman–Crippen MR) is 108 cm³/mol. The monoisotopic (exact) mass is 438 g/mol. The summed E-state index contributed by atoms with van der Waals surface area (Å²) in [6.45, 7) is 6.14. The molecule has 0 heterocycles. The van der Waals surface area contributed by atoms with Crippen LogP contribution in [0.1, 0.15) is 85.0 Å². The Hall–Kier alpha value is -1.37. The summed E-state index contributed by atoms with van der Waals surface area (Å²) in [5.41, 5.74) is -0.300. The summed E-state index contributed by atoms with van der Waals surface area (Å²) in [4.78, 5) is 0. The molecule has 1 rings (SSSR count). The number of rotatable bonds is 15. The fourth-order valence-electron chi connectivity index (χ4n) is 3.56. The largest absolute Gasteiger partial charge is 0.487 e. The molecule has 0 amide bonds. The molecule has 0 saturated carbocycles. The van der Waals surface area contributed by atoms with Gasteiger partial charge in [0.25, 0.3) is 0 Å². The lowest BCUT2D eigenvalue weighted by molar-refractivity contribution is -0.0354. The molecule has 1 unspecified atom stereocenters. The van der Waals surface area contributed by atoms with E-state index in [1.54, 1.807) is 7.11 Å². The maximum absolute atomic E-state index is 13.6. The van der Waals surface area contributed by atoms with Crippen LogP contribution in [0.25, 0.3) is 0 Å². The SMILES string of the molecule is CCCCCCCCC(CCCCOc1c(F)c(F)c(F)c(F)c1F)C(C)(C)OC. The molecular formula is C23H35F5O2. The summed E-state index contributed by atoms with van der Waals surface area (Å²) >= 11 is 0. The van der Waals surface area contributed by atoms with Gasteiger partial charge in [0.2, 0.25) is 29.1 Å². The van der Waals surface area contributed by atoms with Crippen LogP contribution < -0.4 is 4.74 Å². The quantitative estimate of drug-likeness (QED) is 0.121. The smallest absolute Gasteiger partial charge is 0.206 e. The van der Waals surface area contributed by atoms with Crippen LogP contribution in [0.15, 0.2) is 0 Å². The van der Waals surface area contributed by atoms with Crippen molar-refractivity contribution in [2.45, 2.75) is 90.6 Å². The second-order valence-electron chi connectivity index (χ2n) is 8.30. The summed E-state index contributed by atoms with van der Waals surface area (Å²) in [5, 5.41) is 0. The van der Waals surface area contributed by atoms with Gasteiger partial charge in [-0.3, -0.25) is 0 Å². The van der Waals surface area contributed by atoms with Gasteiger partial charge in [0.1, 0.15) is 0 Å². The lowest BCUT2D eigenvalue weighted by Gasteiger charge is -2.33. The van der Waals surface area contributed by atoms with Crippen LogP contribution in [-0.2, 0) is 4.74 Å². The maximum atomic E-state index is 13.6. The third-order valence-corrected chi connectivity index (χ3v) is 5.78. The van der Waals surface area contributed by atoms with Crippen LogP contribution in [0.4, 0.5) is 22.0 Å². The van der Waals surface area contributed by atoms with Crippen molar-refractivity contribution in [2.75, 3.05) is 13.7 Å². The molecule has 30 heavy (non-hydrogen) atoms. The Bertz CT molecular complexity index is 620. The summed E-state index contributed by atoms with van der Waals surface area (Å²) in [5.74, 6) is -11.0. The highest BCUT2D eigenvalue weighted by Crippen LogP contribution is 2.32. The fraction of sp³-hybridized carbons (Fsp3) is 0.739. The van der Waals surface area contributed by atoms with Crippen molar-refractivity contribution in [2.24, 2.45) is 5.92 Å². The first-order valence-electron chi connectivity index (χ1n) is 10.9. The molecule has 7 heteroatoms. The van der Waals surface area contributed by atoms with E-state index in [-0.39, 0.29) is 12.2 Å². The van der Waals surface area contributed by atoms with Crippen molar-refractivity contribution in [1.82, 2.24) is 0 Å². The van der Waals surface area contributed by atoms with E-state index < -0.39 is 34.8 Å². The minimum atomic E-state index is -2.18. The molecule has 0 spiro atoms. The molecular weight excluding hydrogens is 403 g/mol. The van der Waals surface area contributed by atoms with Gasteiger partial charge in [0.05, 0.1) is 12.2 Å². The molecule has 1 atom stereocenters. The Morgan fingerprint density at radius 3 is 1.70 bits per heavy atom. The zero-order valence-corrected chi connectivity index (χ0v) is 18.6. The van der Waals surface area contributed by atoms with Crippen LogP contribution in [-0.4, -0.2) is 19.3 Å². The molecule has 0 bridgehead atoms. The number of hydrogen-bond donors (Lipinski definition) is 0. The summed E-state index contributed by atoms with van der Waals surface area (Å²) in [6.07, 6.45) is 10.2. The van der Waals surface area contributed by atoms with Gasteiger partial charge >= 0.3 is 0 Å². The second kappa shape index (κ2) is 13.1. The summed E-state index contributed by atoms with van der Waals surface area (Å²) in [7, 11) is 1.68. The number of ether oxygens (including phenoxy) is 2. The zero-order chi connectivity index (χ0) is 22.7. The molecule has 1 aromatic rings. The van der Waals surface area contributed by atoms with E-state index in [1.807, 2.05) is 13.8 Å². The minimum absolute atomic E-state index is 0.129. The minimum Gasteiger partial charge on any atom is -0.487 e. The average molecular weight is 439 g/mol. The summed E-state index contributed by atoms with van der Waals surface area (Å²) in [6, 6.07) is 0. The Morgan fingerprint density at radius 1 is 0.700 bits per heavy atom. The fourth-order valence-corrected chi connectivity index (χ4v) is 3.56. The highest BCUT2D eigenvalue weighted by Gasteiger charge is 2.29. The van der Waals surface area contributed by atoms with Crippen molar-refractivity contribution in [1.29, 1.82) is 0 Å². The molecule has 1 aromatic carbocycles. The van der Waals surface area contributed by atoms with Gasteiger partial charge in [-0.05, 0) is 45.4 Å². The molecule has 0 N–H and O–H groups in total. The van der Waals surface area contributed by atoms with Gasteiger partial charge in [-0.2, -0.15) is 8.78 Å². The first-order valence-corrected chi connectivity index (χ1v) is 10.9. The normalized spacial score (nSPS) is 13.0. The van der Waals surface area contributed by atoms with Gasteiger partial charge in [-0.15, -0.1) is 0 Å². The average Bonchev–Trinajstić information content (AvgIpc) is 2.73. The van der Waals surface area contributed by atoms with E-state index in [4.69, 9.17) is 9.47 Å².